The minimum absolute atomic E-state index is 0.237. The first-order valence-corrected chi connectivity index (χ1v) is 6.31. The number of hydrogen-bond acceptors (Lipinski definition) is 3. The van der Waals surface area contributed by atoms with Gasteiger partial charge in [-0.3, -0.25) is 0 Å². The van der Waals surface area contributed by atoms with Gasteiger partial charge < -0.3 is 16.2 Å². The Morgan fingerprint density at radius 3 is 2.40 bits per heavy atom. The minimum Gasteiger partial charge on any atom is -0.506 e. The molecular formula is C10H14Br2N2O. The summed E-state index contributed by atoms with van der Waals surface area (Å²) in [7, 11) is 0. The maximum atomic E-state index is 9.51. The van der Waals surface area contributed by atoms with Gasteiger partial charge in [-0.2, -0.15) is 0 Å². The summed E-state index contributed by atoms with van der Waals surface area (Å²) >= 11 is 6.58. The van der Waals surface area contributed by atoms with Crippen LogP contribution in [0.2, 0.25) is 0 Å². The summed E-state index contributed by atoms with van der Waals surface area (Å²) in [6, 6.07) is 3.80. The van der Waals surface area contributed by atoms with Gasteiger partial charge in [0.25, 0.3) is 0 Å². The van der Waals surface area contributed by atoms with Gasteiger partial charge in [-0.05, 0) is 69.1 Å². The second-order valence-corrected chi connectivity index (χ2v) is 4.94. The third kappa shape index (κ3) is 4.10. The largest absolute Gasteiger partial charge is 0.506 e. The van der Waals surface area contributed by atoms with Crippen LogP contribution in [0.5, 0.6) is 5.75 Å². The van der Waals surface area contributed by atoms with Gasteiger partial charge >= 0.3 is 0 Å². The van der Waals surface area contributed by atoms with Crippen molar-refractivity contribution in [2.75, 3.05) is 13.1 Å². The topological polar surface area (TPSA) is 58.3 Å². The number of aromatic hydroxyl groups is 1. The molecule has 1 aromatic carbocycles. The number of phenols is 1. The van der Waals surface area contributed by atoms with Crippen molar-refractivity contribution in [3.8, 4) is 5.75 Å². The van der Waals surface area contributed by atoms with Crippen molar-refractivity contribution < 1.29 is 5.11 Å². The number of halogens is 2. The number of nitrogens with two attached hydrogens (primary N) is 1. The Morgan fingerprint density at radius 2 is 1.87 bits per heavy atom. The number of nitrogens with one attached hydrogen (secondary N) is 1. The predicted molar refractivity (Wildman–Crippen MR) is 68.9 cm³/mol. The summed E-state index contributed by atoms with van der Waals surface area (Å²) in [6.07, 6.45) is 0.973. The van der Waals surface area contributed by atoms with Crippen LogP contribution in [0.15, 0.2) is 21.1 Å². The molecule has 0 unspecified atom stereocenters. The highest BCUT2D eigenvalue weighted by molar-refractivity contribution is 9.11. The molecule has 0 radical (unpaired) electrons. The second kappa shape index (κ2) is 6.48. The number of phenolic OH excluding ortho intramolecular Hbond substituents is 1. The van der Waals surface area contributed by atoms with Crippen LogP contribution >= 0.6 is 31.9 Å². The lowest BCUT2D eigenvalue weighted by Gasteiger charge is -2.07. The summed E-state index contributed by atoms with van der Waals surface area (Å²) in [4.78, 5) is 0. The summed E-state index contributed by atoms with van der Waals surface area (Å²) < 4.78 is 1.40. The van der Waals surface area contributed by atoms with E-state index in [4.69, 9.17) is 5.73 Å². The number of hydrogen-bond donors (Lipinski definition) is 3. The maximum absolute atomic E-state index is 9.51. The molecule has 0 amide bonds. The molecule has 0 saturated carbocycles. The van der Waals surface area contributed by atoms with Crippen molar-refractivity contribution in [2.45, 2.75) is 13.0 Å². The van der Waals surface area contributed by atoms with Crippen LogP contribution in [0, 0.1) is 0 Å². The molecule has 84 valence electrons. The molecule has 1 aromatic rings. The Hall–Kier alpha value is -0.100. The molecule has 0 fully saturated rings. The minimum atomic E-state index is 0.237. The molecule has 5 heteroatoms. The number of rotatable bonds is 5. The molecule has 15 heavy (non-hydrogen) atoms. The highest BCUT2D eigenvalue weighted by Crippen LogP contribution is 2.33. The standard InChI is InChI=1S/C10H14Br2N2O/c11-8-4-7(5-9(12)10(8)15)6-14-3-1-2-13/h4-5,14-15H,1-3,6,13H2. The van der Waals surface area contributed by atoms with Gasteiger partial charge in [-0.25, -0.2) is 0 Å². The molecular weight excluding hydrogens is 324 g/mol. The van der Waals surface area contributed by atoms with Gasteiger partial charge in [0.05, 0.1) is 8.95 Å². The van der Waals surface area contributed by atoms with Gasteiger partial charge in [0.1, 0.15) is 5.75 Å². The normalized spacial score (nSPS) is 10.6. The average Bonchev–Trinajstić information content (AvgIpc) is 2.21. The van der Waals surface area contributed by atoms with E-state index < -0.39 is 0 Å². The van der Waals surface area contributed by atoms with Crippen LogP contribution in [0.25, 0.3) is 0 Å². The van der Waals surface area contributed by atoms with E-state index in [1.54, 1.807) is 0 Å². The van der Waals surface area contributed by atoms with E-state index in [0.29, 0.717) is 15.5 Å². The van der Waals surface area contributed by atoms with Crippen LogP contribution in [-0.4, -0.2) is 18.2 Å². The van der Waals surface area contributed by atoms with Crippen LogP contribution in [0.1, 0.15) is 12.0 Å². The zero-order chi connectivity index (χ0) is 11.3. The molecule has 4 N–H and O–H groups in total. The molecule has 0 aromatic heterocycles. The monoisotopic (exact) mass is 336 g/mol. The van der Waals surface area contributed by atoms with Gasteiger partial charge in [0.15, 0.2) is 0 Å². The quantitative estimate of drug-likeness (QED) is 0.723. The molecule has 0 aliphatic heterocycles. The van der Waals surface area contributed by atoms with E-state index in [1.165, 1.54) is 0 Å². The summed E-state index contributed by atoms with van der Waals surface area (Å²) in [6.45, 7) is 2.39. The Labute approximate surface area is 106 Å². The highest BCUT2D eigenvalue weighted by Gasteiger charge is 2.05. The van der Waals surface area contributed by atoms with Gasteiger partial charge in [0, 0.05) is 6.54 Å². The lowest BCUT2D eigenvalue weighted by atomic mass is 10.2. The first kappa shape index (κ1) is 13.0. The molecule has 0 spiro atoms. The molecule has 0 bridgehead atoms. The van der Waals surface area contributed by atoms with Crippen molar-refractivity contribution >= 4 is 31.9 Å². The fourth-order valence-corrected chi connectivity index (χ4v) is 2.46. The maximum Gasteiger partial charge on any atom is 0.143 e. The lowest BCUT2D eigenvalue weighted by molar-refractivity contribution is 0.468. The Balaban J connectivity index is 2.55. The van der Waals surface area contributed by atoms with E-state index in [1.807, 2.05) is 12.1 Å². The van der Waals surface area contributed by atoms with E-state index in [2.05, 4.69) is 37.2 Å². The average molecular weight is 338 g/mol. The Kier molecular flexibility index (Phi) is 5.60. The van der Waals surface area contributed by atoms with Crippen molar-refractivity contribution in [1.29, 1.82) is 0 Å². The van der Waals surface area contributed by atoms with Crippen molar-refractivity contribution in [2.24, 2.45) is 5.73 Å². The highest BCUT2D eigenvalue weighted by atomic mass is 79.9. The molecule has 0 aliphatic carbocycles. The van der Waals surface area contributed by atoms with Crippen LogP contribution in [0.3, 0.4) is 0 Å². The predicted octanol–water partition coefficient (Wildman–Crippen LogP) is 2.36. The lowest BCUT2D eigenvalue weighted by Crippen LogP contribution is -2.17. The Bertz CT molecular complexity index is 308. The smallest absolute Gasteiger partial charge is 0.143 e. The van der Waals surface area contributed by atoms with Crippen molar-refractivity contribution in [1.82, 2.24) is 5.32 Å². The molecule has 0 saturated heterocycles. The van der Waals surface area contributed by atoms with Crippen molar-refractivity contribution in [3.63, 3.8) is 0 Å². The molecule has 0 aliphatic rings. The van der Waals surface area contributed by atoms with Crippen molar-refractivity contribution in [3.05, 3.63) is 26.6 Å². The van der Waals surface area contributed by atoms with Crippen LogP contribution < -0.4 is 11.1 Å². The van der Waals surface area contributed by atoms with E-state index in [9.17, 15) is 5.11 Å². The molecule has 3 nitrogen and oxygen atoms in total. The molecule has 0 atom stereocenters. The third-order valence-corrected chi connectivity index (χ3v) is 3.17. The third-order valence-electron chi connectivity index (χ3n) is 1.96. The first-order valence-electron chi connectivity index (χ1n) is 4.73. The van der Waals surface area contributed by atoms with Crippen LogP contribution in [-0.2, 0) is 6.54 Å². The van der Waals surface area contributed by atoms with E-state index in [0.717, 1.165) is 25.1 Å². The van der Waals surface area contributed by atoms with Gasteiger partial charge in [0.2, 0.25) is 0 Å². The zero-order valence-corrected chi connectivity index (χ0v) is 11.4. The van der Waals surface area contributed by atoms with E-state index in [-0.39, 0.29) is 5.75 Å². The fourth-order valence-electron chi connectivity index (χ4n) is 1.18. The fraction of sp³-hybridized carbons (Fsp3) is 0.400. The summed E-state index contributed by atoms with van der Waals surface area (Å²) in [5.74, 6) is 0.237. The number of benzene rings is 1. The van der Waals surface area contributed by atoms with Crippen LogP contribution in [0.4, 0.5) is 0 Å². The molecule has 0 heterocycles. The van der Waals surface area contributed by atoms with Gasteiger partial charge in [-0.15, -0.1) is 0 Å². The SMILES string of the molecule is NCCCNCc1cc(Br)c(O)c(Br)c1. The van der Waals surface area contributed by atoms with Gasteiger partial charge in [-0.1, -0.05) is 0 Å². The molecule has 1 rings (SSSR count). The Morgan fingerprint density at radius 1 is 1.27 bits per heavy atom. The second-order valence-electron chi connectivity index (χ2n) is 3.23. The zero-order valence-electron chi connectivity index (χ0n) is 8.26. The summed E-state index contributed by atoms with van der Waals surface area (Å²) in [5, 5.41) is 12.8. The summed E-state index contributed by atoms with van der Waals surface area (Å²) in [5.41, 5.74) is 6.50. The van der Waals surface area contributed by atoms with E-state index >= 15 is 0 Å². The first-order chi connectivity index (χ1) is 7.15.